The minimum atomic E-state index is -2.76. The number of halogens is 2. The van der Waals surface area contributed by atoms with E-state index in [1.807, 2.05) is 26.0 Å². The molecule has 3 N–H and O–H groups in total. The second kappa shape index (κ2) is 8.64. The summed E-state index contributed by atoms with van der Waals surface area (Å²) in [5, 5.41) is 19.0. The van der Waals surface area contributed by atoms with Gasteiger partial charge in [0.05, 0.1) is 23.8 Å². The number of guanidine groups is 1. The lowest BCUT2D eigenvalue weighted by Crippen LogP contribution is -2.44. The molecule has 1 aromatic carbocycles. The molecular weight excluding hydrogens is 378 g/mol. The van der Waals surface area contributed by atoms with Gasteiger partial charge in [-0.3, -0.25) is 0 Å². The minimum absolute atomic E-state index is 0.0267. The van der Waals surface area contributed by atoms with Crippen molar-refractivity contribution in [3.8, 4) is 6.07 Å². The Morgan fingerprint density at radius 2 is 2.10 bits per heavy atom. The van der Waals surface area contributed by atoms with Crippen molar-refractivity contribution in [3.05, 3.63) is 34.9 Å². The second-order valence-electron chi connectivity index (χ2n) is 8.26. The molecule has 0 heterocycles. The Morgan fingerprint density at radius 1 is 1.41 bits per heavy atom. The van der Waals surface area contributed by atoms with Crippen LogP contribution in [0.15, 0.2) is 23.2 Å². The van der Waals surface area contributed by atoms with E-state index in [1.165, 1.54) is 0 Å². The highest BCUT2D eigenvalue weighted by atomic mass is 19.3. The highest BCUT2D eigenvalue weighted by Crippen LogP contribution is 2.56. The molecule has 1 spiro atoms. The number of alkyl halides is 2. The Morgan fingerprint density at radius 3 is 2.66 bits per heavy atom. The summed E-state index contributed by atoms with van der Waals surface area (Å²) in [5.41, 5.74) is 8.62. The number of nitriles is 1. The molecule has 8 heteroatoms. The smallest absolute Gasteiger partial charge is 0.345 e. The third-order valence-electron chi connectivity index (χ3n) is 6.25. The molecule has 158 valence electrons. The summed E-state index contributed by atoms with van der Waals surface area (Å²) in [6.45, 7) is 0.818. The van der Waals surface area contributed by atoms with Gasteiger partial charge in [-0.1, -0.05) is 6.07 Å². The van der Waals surface area contributed by atoms with Crippen LogP contribution in [0.2, 0.25) is 0 Å². The lowest BCUT2D eigenvalue weighted by molar-refractivity contribution is -0.175. The summed E-state index contributed by atoms with van der Waals surface area (Å²) in [4.78, 5) is 6.41. The quantitative estimate of drug-likeness (QED) is 0.444. The van der Waals surface area contributed by atoms with Crippen molar-refractivity contribution >= 4 is 5.96 Å². The number of ether oxygens (including phenoxy) is 1. The molecule has 2 aliphatic rings. The maximum atomic E-state index is 12.6. The first-order valence-corrected chi connectivity index (χ1v) is 9.97. The normalized spacial score (nSPS) is 26.8. The van der Waals surface area contributed by atoms with Gasteiger partial charge >= 0.3 is 6.61 Å². The number of nitrogens with zero attached hydrogens (tertiary/aromatic N) is 3. The van der Waals surface area contributed by atoms with Crippen molar-refractivity contribution in [3.63, 3.8) is 0 Å². The van der Waals surface area contributed by atoms with Crippen molar-refractivity contribution in [2.75, 3.05) is 6.73 Å². The molecule has 0 aromatic heterocycles. The molecular formula is C21H28F2N4O2. The third-order valence-corrected chi connectivity index (χ3v) is 6.25. The molecule has 0 radical (unpaired) electrons. The van der Waals surface area contributed by atoms with E-state index in [9.17, 15) is 19.1 Å². The number of hydrogen-bond acceptors (Lipinski definition) is 4. The Labute approximate surface area is 170 Å². The van der Waals surface area contributed by atoms with E-state index in [0.29, 0.717) is 31.2 Å². The zero-order chi connectivity index (χ0) is 21.2. The number of nitrogens with two attached hydrogens (primary N) is 1. The van der Waals surface area contributed by atoms with E-state index in [4.69, 9.17) is 15.5 Å². The zero-order valence-electron chi connectivity index (χ0n) is 16.8. The summed E-state index contributed by atoms with van der Waals surface area (Å²) < 4.78 is 30.0. The molecule has 2 aliphatic carbocycles. The molecule has 0 aliphatic heterocycles. The van der Waals surface area contributed by atoms with E-state index in [0.717, 1.165) is 17.5 Å². The van der Waals surface area contributed by atoms with Crippen molar-refractivity contribution in [1.82, 2.24) is 4.90 Å². The van der Waals surface area contributed by atoms with Crippen LogP contribution in [0.4, 0.5) is 8.78 Å². The molecule has 3 rings (SSSR count). The molecule has 6 nitrogen and oxygen atoms in total. The average molecular weight is 406 g/mol. The Balaban J connectivity index is 1.95. The topological polar surface area (TPSA) is 94.9 Å². The fourth-order valence-corrected chi connectivity index (χ4v) is 4.70. The van der Waals surface area contributed by atoms with Crippen molar-refractivity contribution < 1.29 is 18.6 Å². The van der Waals surface area contributed by atoms with Gasteiger partial charge in [-0.2, -0.15) is 14.0 Å². The Bertz CT molecular complexity index is 798. The molecule has 1 atom stereocenters. The monoisotopic (exact) mass is 406 g/mol. The lowest BCUT2D eigenvalue weighted by atomic mass is 9.68. The summed E-state index contributed by atoms with van der Waals surface area (Å²) in [5.74, 6) is 0.244. The van der Waals surface area contributed by atoms with E-state index in [2.05, 4.69) is 6.07 Å². The van der Waals surface area contributed by atoms with Gasteiger partial charge < -0.3 is 20.5 Å². The number of aliphatic hydroxyl groups is 1. The maximum absolute atomic E-state index is 12.6. The number of rotatable bonds is 5. The highest BCUT2D eigenvalue weighted by Gasteiger charge is 2.48. The van der Waals surface area contributed by atoms with Crippen LogP contribution < -0.4 is 5.73 Å². The van der Waals surface area contributed by atoms with Crippen LogP contribution in [-0.4, -0.2) is 41.5 Å². The average Bonchev–Trinajstić information content (AvgIpc) is 2.96. The standard InChI is InChI=1S/C21H28F2N4O2/c1-13(2)27(12-28)20(25)26-18-17-9-14(11-24)3-4-15(17)10-21(18)7-5-16(6-8-21)29-19(22)23/h3-4,9,13,16,18-19,28H,5-8,10,12H2,1-2H3,(H2,25,26)/t16-,18?,21-. The molecule has 0 saturated heterocycles. The molecule has 29 heavy (non-hydrogen) atoms. The predicted octanol–water partition coefficient (Wildman–Crippen LogP) is 3.30. The fourth-order valence-electron chi connectivity index (χ4n) is 4.70. The Kier molecular flexibility index (Phi) is 6.39. The summed E-state index contributed by atoms with van der Waals surface area (Å²) >= 11 is 0. The van der Waals surface area contributed by atoms with Crippen molar-refractivity contribution in [1.29, 1.82) is 5.26 Å². The highest BCUT2D eigenvalue weighted by molar-refractivity contribution is 5.78. The van der Waals surface area contributed by atoms with Crippen LogP contribution in [0.5, 0.6) is 0 Å². The first-order chi connectivity index (χ1) is 13.8. The van der Waals surface area contributed by atoms with E-state index in [-0.39, 0.29) is 30.2 Å². The van der Waals surface area contributed by atoms with Crippen LogP contribution in [0, 0.1) is 16.7 Å². The van der Waals surface area contributed by atoms with Crippen molar-refractivity contribution in [2.24, 2.45) is 16.1 Å². The van der Waals surface area contributed by atoms with Crippen LogP contribution in [0.1, 0.15) is 62.3 Å². The first-order valence-electron chi connectivity index (χ1n) is 9.97. The van der Waals surface area contributed by atoms with Crippen LogP contribution >= 0.6 is 0 Å². The van der Waals surface area contributed by atoms with E-state index >= 15 is 0 Å². The SMILES string of the molecule is CC(C)N(CO)/C(N)=N\C1c2cc(C#N)ccc2C[C@]12CC[C@@H](OC(F)F)CC2. The molecule has 1 unspecified atom stereocenters. The van der Waals surface area contributed by atoms with E-state index < -0.39 is 12.7 Å². The zero-order valence-corrected chi connectivity index (χ0v) is 16.8. The fraction of sp³-hybridized carbons (Fsp3) is 0.619. The van der Waals surface area contributed by atoms with Crippen molar-refractivity contribution in [2.45, 2.75) is 70.8 Å². The molecule has 1 saturated carbocycles. The summed E-state index contributed by atoms with van der Waals surface area (Å²) in [6.07, 6.45) is 2.74. The number of hydrogen-bond donors (Lipinski definition) is 2. The van der Waals surface area contributed by atoms with Crippen LogP contribution in [0.25, 0.3) is 0 Å². The van der Waals surface area contributed by atoms with Gasteiger partial charge in [-0.25, -0.2) is 4.99 Å². The van der Waals surface area contributed by atoms with Gasteiger partial charge in [-0.05, 0) is 69.2 Å². The summed E-state index contributed by atoms with van der Waals surface area (Å²) in [6, 6.07) is 7.46. The lowest BCUT2D eigenvalue weighted by Gasteiger charge is -2.40. The third kappa shape index (κ3) is 4.36. The van der Waals surface area contributed by atoms with Gasteiger partial charge in [0.15, 0.2) is 5.96 Å². The molecule has 1 aromatic rings. The largest absolute Gasteiger partial charge is 0.376 e. The maximum Gasteiger partial charge on any atom is 0.345 e. The predicted molar refractivity (Wildman–Crippen MR) is 105 cm³/mol. The number of aliphatic imine (C=N–C) groups is 1. The number of fused-ring (bicyclic) bond motifs is 1. The van der Waals surface area contributed by atoms with Gasteiger partial charge in [0.2, 0.25) is 0 Å². The minimum Gasteiger partial charge on any atom is -0.376 e. The second-order valence-corrected chi connectivity index (χ2v) is 8.26. The number of benzene rings is 1. The molecule has 0 amide bonds. The van der Waals surface area contributed by atoms with Gasteiger partial charge in [0.25, 0.3) is 0 Å². The first kappa shape index (κ1) is 21.5. The van der Waals surface area contributed by atoms with Gasteiger partial charge in [-0.15, -0.1) is 0 Å². The van der Waals surface area contributed by atoms with Crippen LogP contribution in [-0.2, 0) is 11.2 Å². The Hall–Kier alpha value is -2.24. The number of aliphatic hydroxyl groups excluding tert-OH is 1. The van der Waals surface area contributed by atoms with E-state index in [1.54, 1.807) is 11.0 Å². The van der Waals surface area contributed by atoms with Gasteiger partial charge in [0.1, 0.15) is 6.73 Å². The molecule has 1 fully saturated rings. The molecule has 0 bridgehead atoms. The summed E-state index contributed by atoms with van der Waals surface area (Å²) in [7, 11) is 0. The van der Waals surface area contributed by atoms with Crippen LogP contribution in [0.3, 0.4) is 0 Å². The van der Waals surface area contributed by atoms with Gasteiger partial charge in [0, 0.05) is 11.5 Å².